The summed E-state index contributed by atoms with van der Waals surface area (Å²) in [6.07, 6.45) is 3.83. The Morgan fingerprint density at radius 2 is 1.79 bits per heavy atom. The van der Waals surface area contributed by atoms with E-state index in [-0.39, 0.29) is 17.0 Å². The molecule has 3 fully saturated rings. The van der Waals surface area contributed by atoms with Crippen LogP contribution in [-0.2, 0) is 0 Å². The highest BCUT2D eigenvalue weighted by atomic mass is 19.1. The van der Waals surface area contributed by atoms with Crippen LogP contribution in [0.3, 0.4) is 0 Å². The molecule has 2 heterocycles. The maximum Gasteiger partial charge on any atom is 0.256 e. The van der Waals surface area contributed by atoms with E-state index in [0.29, 0.717) is 37.4 Å². The van der Waals surface area contributed by atoms with Crippen LogP contribution >= 0.6 is 0 Å². The standard InChI is InChI=1S/C27H31FN4O/c28-24-9-5-4-8-22(24)26(33)31-18-27(19-31,12-13-29)32-14-10-20(11-15-32)17-30-25-16-23(25)21-6-2-1-3-7-21/h1-9,20,23,25,30H,10-12,14-19H2. The number of benzene rings is 2. The number of carbonyl (C=O) groups excluding carboxylic acids is 1. The summed E-state index contributed by atoms with van der Waals surface area (Å²) in [5.74, 6) is 0.531. The Morgan fingerprint density at radius 1 is 1.09 bits per heavy atom. The van der Waals surface area contributed by atoms with E-state index in [1.165, 1.54) is 24.1 Å². The van der Waals surface area contributed by atoms with Gasteiger partial charge in [-0.05, 0) is 62.5 Å². The fraction of sp³-hybridized carbons (Fsp3) is 0.481. The maximum absolute atomic E-state index is 14.0. The number of likely N-dealkylation sites (tertiary alicyclic amines) is 2. The molecular formula is C27H31FN4O. The number of nitriles is 1. The van der Waals surface area contributed by atoms with Crippen LogP contribution in [0.4, 0.5) is 4.39 Å². The average molecular weight is 447 g/mol. The monoisotopic (exact) mass is 446 g/mol. The Bertz CT molecular complexity index is 1020. The van der Waals surface area contributed by atoms with E-state index in [9.17, 15) is 14.4 Å². The van der Waals surface area contributed by atoms with E-state index in [4.69, 9.17) is 0 Å². The Balaban J connectivity index is 1.10. The molecule has 1 aliphatic carbocycles. The van der Waals surface area contributed by atoms with Crippen LogP contribution in [0.2, 0.25) is 0 Å². The topological polar surface area (TPSA) is 59.4 Å². The van der Waals surface area contributed by atoms with Crippen molar-refractivity contribution in [3.63, 3.8) is 0 Å². The van der Waals surface area contributed by atoms with Gasteiger partial charge < -0.3 is 10.2 Å². The van der Waals surface area contributed by atoms with E-state index in [0.717, 1.165) is 32.5 Å². The lowest BCUT2D eigenvalue weighted by atomic mass is 9.81. The number of nitrogens with zero attached hydrogens (tertiary/aromatic N) is 3. The van der Waals surface area contributed by atoms with Gasteiger partial charge in [0.25, 0.3) is 5.91 Å². The zero-order valence-corrected chi connectivity index (χ0v) is 18.9. The van der Waals surface area contributed by atoms with Crippen LogP contribution in [0.5, 0.6) is 0 Å². The lowest BCUT2D eigenvalue weighted by Gasteiger charge is -2.56. The minimum Gasteiger partial charge on any atom is -0.335 e. The molecule has 3 aliphatic rings. The second-order valence-electron chi connectivity index (χ2n) is 9.90. The van der Waals surface area contributed by atoms with Crippen molar-refractivity contribution in [3.8, 4) is 6.07 Å². The second-order valence-corrected chi connectivity index (χ2v) is 9.90. The minimum atomic E-state index is -0.487. The Morgan fingerprint density at radius 3 is 2.48 bits per heavy atom. The van der Waals surface area contributed by atoms with Crippen molar-refractivity contribution in [3.05, 3.63) is 71.5 Å². The number of halogens is 1. The van der Waals surface area contributed by atoms with E-state index in [2.05, 4.69) is 46.6 Å². The molecule has 1 amide bonds. The summed E-state index contributed by atoms with van der Waals surface area (Å²) in [4.78, 5) is 16.8. The highest BCUT2D eigenvalue weighted by molar-refractivity contribution is 5.95. The number of hydrogen-bond donors (Lipinski definition) is 1. The van der Waals surface area contributed by atoms with Crippen LogP contribution in [-0.4, -0.2) is 60.0 Å². The third-order valence-corrected chi connectivity index (χ3v) is 7.74. The quantitative estimate of drug-likeness (QED) is 0.703. The summed E-state index contributed by atoms with van der Waals surface area (Å²) in [6, 6.07) is 19.8. The van der Waals surface area contributed by atoms with Crippen LogP contribution in [0.25, 0.3) is 0 Å². The molecule has 0 radical (unpaired) electrons. The van der Waals surface area contributed by atoms with Gasteiger partial charge in [0.1, 0.15) is 5.82 Å². The van der Waals surface area contributed by atoms with Crippen molar-refractivity contribution < 1.29 is 9.18 Å². The lowest BCUT2D eigenvalue weighted by Crippen LogP contribution is -2.72. The Labute approximate surface area is 195 Å². The predicted molar refractivity (Wildman–Crippen MR) is 125 cm³/mol. The summed E-state index contributed by atoms with van der Waals surface area (Å²) in [7, 11) is 0. The summed E-state index contributed by atoms with van der Waals surface area (Å²) >= 11 is 0. The van der Waals surface area contributed by atoms with E-state index in [1.807, 2.05) is 0 Å². The summed E-state index contributed by atoms with van der Waals surface area (Å²) in [6.45, 7) is 3.94. The SMILES string of the molecule is N#CCC1(N2CCC(CNC3CC3c3ccccc3)CC2)CN(C(=O)c2ccccc2F)C1. The van der Waals surface area contributed by atoms with Crippen LogP contribution in [0.1, 0.15) is 47.5 Å². The zero-order chi connectivity index (χ0) is 22.8. The van der Waals surface area contributed by atoms with Gasteiger partial charge >= 0.3 is 0 Å². The van der Waals surface area contributed by atoms with Gasteiger partial charge in [0.15, 0.2) is 0 Å². The van der Waals surface area contributed by atoms with Gasteiger partial charge in [0, 0.05) is 25.0 Å². The van der Waals surface area contributed by atoms with E-state index in [1.54, 1.807) is 17.0 Å². The molecule has 5 rings (SSSR count). The van der Waals surface area contributed by atoms with Crippen molar-refractivity contribution in [1.82, 2.24) is 15.1 Å². The van der Waals surface area contributed by atoms with Crippen molar-refractivity contribution in [2.75, 3.05) is 32.7 Å². The zero-order valence-electron chi connectivity index (χ0n) is 18.9. The first-order valence-electron chi connectivity index (χ1n) is 12.0. The third kappa shape index (κ3) is 4.53. The molecular weight excluding hydrogens is 415 g/mol. The first-order valence-corrected chi connectivity index (χ1v) is 12.0. The summed E-state index contributed by atoms with van der Waals surface area (Å²) in [5.41, 5.74) is 1.26. The molecule has 2 aromatic carbocycles. The number of hydrogen-bond acceptors (Lipinski definition) is 4. The molecule has 33 heavy (non-hydrogen) atoms. The van der Waals surface area contributed by atoms with Gasteiger partial charge in [0.2, 0.25) is 0 Å². The van der Waals surface area contributed by atoms with Crippen LogP contribution < -0.4 is 5.32 Å². The molecule has 1 saturated carbocycles. The molecule has 2 atom stereocenters. The molecule has 2 aromatic rings. The van der Waals surface area contributed by atoms with Gasteiger partial charge in [-0.15, -0.1) is 0 Å². The fourth-order valence-corrected chi connectivity index (χ4v) is 5.60. The first-order chi connectivity index (χ1) is 16.1. The number of piperidine rings is 1. The molecule has 2 aliphatic heterocycles. The first kappa shape index (κ1) is 22.1. The van der Waals surface area contributed by atoms with Gasteiger partial charge in [-0.2, -0.15) is 5.26 Å². The van der Waals surface area contributed by atoms with Crippen molar-refractivity contribution in [1.29, 1.82) is 5.26 Å². The van der Waals surface area contributed by atoms with Crippen molar-refractivity contribution in [2.45, 2.75) is 43.2 Å². The van der Waals surface area contributed by atoms with Gasteiger partial charge in [0.05, 0.1) is 23.6 Å². The highest BCUT2D eigenvalue weighted by Crippen LogP contribution is 2.41. The van der Waals surface area contributed by atoms with E-state index >= 15 is 0 Å². The molecule has 2 unspecified atom stereocenters. The Kier molecular flexibility index (Phi) is 6.18. The van der Waals surface area contributed by atoms with Gasteiger partial charge in [-0.25, -0.2) is 4.39 Å². The Hall–Kier alpha value is -2.75. The van der Waals surface area contributed by atoms with Crippen molar-refractivity contribution >= 4 is 5.91 Å². The fourth-order valence-electron chi connectivity index (χ4n) is 5.60. The second kappa shape index (κ2) is 9.24. The molecule has 1 N–H and O–H groups in total. The molecule has 0 aromatic heterocycles. The largest absolute Gasteiger partial charge is 0.335 e. The predicted octanol–water partition coefficient (Wildman–Crippen LogP) is 3.79. The normalized spacial score (nSPS) is 24.7. The average Bonchev–Trinajstić information content (AvgIpc) is 3.60. The smallest absolute Gasteiger partial charge is 0.256 e. The van der Waals surface area contributed by atoms with Crippen LogP contribution in [0, 0.1) is 23.1 Å². The van der Waals surface area contributed by atoms with E-state index < -0.39 is 5.82 Å². The summed E-state index contributed by atoms with van der Waals surface area (Å²) in [5, 5.41) is 13.2. The van der Waals surface area contributed by atoms with Crippen LogP contribution in [0.15, 0.2) is 54.6 Å². The molecule has 0 bridgehead atoms. The van der Waals surface area contributed by atoms with Gasteiger partial charge in [-0.3, -0.25) is 9.69 Å². The number of amides is 1. The molecule has 172 valence electrons. The third-order valence-electron chi connectivity index (χ3n) is 7.74. The lowest BCUT2D eigenvalue weighted by molar-refractivity contribution is -0.0524. The number of nitrogens with one attached hydrogen (secondary N) is 1. The molecule has 5 nitrogen and oxygen atoms in total. The molecule has 0 spiro atoms. The van der Waals surface area contributed by atoms with Gasteiger partial charge in [-0.1, -0.05) is 42.5 Å². The number of carbonyl (C=O) groups is 1. The highest BCUT2D eigenvalue weighted by Gasteiger charge is 2.50. The van der Waals surface area contributed by atoms with Crippen molar-refractivity contribution in [2.24, 2.45) is 5.92 Å². The maximum atomic E-state index is 14.0. The number of rotatable bonds is 7. The summed E-state index contributed by atoms with van der Waals surface area (Å²) < 4.78 is 14.0. The molecule has 6 heteroatoms. The minimum absolute atomic E-state index is 0.113. The molecule has 2 saturated heterocycles.